The molecule has 7 heteroatoms. The number of halogens is 2. The van der Waals surface area contributed by atoms with Gasteiger partial charge in [-0.15, -0.1) is 0 Å². The summed E-state index contributed by atoms with van der Waals surface area (Å²) in [7, 11) is 1.65. The maximum atomic E-state index is 6.49. The molecule has 3 rings (SSSR count). The van der Waals surface area contributed by atoms with Crippen molar-refractivity contribution < 1.29 is 14.2 Å². The molecule has 0 aliphatic rings. The molecule has 0 radical (unpaired) electrons. The van der Waals surface area contributed by atoms with Crippen molar-refractivity contribution in [3.63, 3.8) is 0 Å². The van der Waals surface area contributed by atoms with Crippen LogP contribution in [-0.4, -0.2) is 19.9 Å². The van der Waals surface area contributed by atoms with E-state index in [2.05, 4.69) is 10.5 Å². The lowest BCUT2D eigenvalue weighted by molar-refractivity contribution is 0.269. The van der Waals surface area contributed by atoms with Crippen molar-refractivity contribution in [2.24, 2.45) is 5.10 Å². The lowest BCUT2D eigenvalue weighted by Crippen LogP contribution is -2.07. The molecule has 0 saturated carbocycles. The Kier molecular flexibility index (Phi) is 8.44. The number of methoxy groups -OCH3 is 1. The fourth-order valence-corrected chi connectivity index (χ4v) is 3.43. The molecule has 0 aliphatic heterocycles. The molecule has 0 saturated heterocycles. The summed E-state index contributed by atoms with van der Waals surface area (Å²) in [5.74, 6) is 1.86. The van der Waals surface area contributed by atoms with E-state index in [0.717, 1.165) is 22.4 Å². The van der Waals surface area contributed by atoms with Crippen LogP contribution in [0.25, 0.3) is 0 Å². The highest BCUT2D eigenvalue weighted by Crippen LogP contribution is 2.37. The number of nitrogens with zero attached hydrogens (tertiary/aromatic N) is 1. The van der Waals surface area contributed by atoms with Gasteiger partial charge in [-0.3, -0.25) is 0 Å². The predicted molar refractivity (Wildman–Crippen MR) is 126 cm³/mol. The van der Waals surface area contributed by atoms with Gasteiger partial charge in [0.25, 0.3) is 0 Å². The normalized spacial score (nSPS) is 10.8. The Bertz CT molecular complexity index is 1040. The summed E-state index contributed by atoms with van der Waals surface area (Å²) >= 11 is 12.5. The molecule has 162 valence electrons. The molecule has 0 unspecified atom stereocenters. The van der Waals surface area contributed by atoms with Gasteiger partial charge >= 0.3 is 0 Å². The zero-order valence-electron chi connectivity index (χ0n) is 17.4. The summed E-state index contributed by atoms with van der Waals surface area (Å²) in [6.45, 7) is 3.25. The van der Waals surface area contributed by atoms with Crippen LogP contribution < -0.4 is 19.6 Å². The van der Waals surface area contributed by atoms with E-state index in [0.29, 0.717) is 41.3 Å². The molecule has 0 fully saturated rings. The maximum absolute atomic E-state index is 6.49. The molecular formula is C24H24Cl2N2O3. The third-order valence-electron chi connectivity index (χ3n) is 4.37. The van der Waals surface area contributed by atoms with Gasteiger partial charge in [-0.05, 0) is 48.4 Å². The second kappa shape index (κ2) is 11.5. The number of hydrogen-bond acceptors (Lipinski definition) is 5. The molecule has 0 spiro atoms. The molecule has 0 aromatic heterocycles. The highest BCUT2D eigenvalue weighted by atomic mass is 35.5. The van der Waals surface area contributed by atoms with Crippen LogP contribution in [0.1, 0.15) is 23.6 Å². The number of ether oxygens (including phenoxy) is 3. The molecule has 3 aromatic rings. The Hall–Kier alpha value is -2.89. The molecular weight excluding hydrogens is 435 g/mol. The first kappa shape index (κ1) is 22.8. The summed E-state index contributed by atoms with van der Waals surface area (Å²) in [4.78, 5) is 0. The Morgan fingerprint density at radius 1 is 0.968 bits per heavy atom. The summed E-state index contributed by atoms with van der Waals surface area (Å²) in [6, 6.07) is 18.9. The number of benzene rings is 3. The minimum atomic E-state index is 0.328. The van der Waals surface area contributed by atoms with Crippen LogP contribution in [-0.2, 0) is 13.2 Å². The quantitative estimate of drug-likeness (QED) is 0.294. The number of para-hydroxylation sites is 1. The Morgan fingerprint density at radius 2 is 1.81 bits per heavy atom. The van der Waals surface area contributed by atoms with Crippen LogP contribution in [0.3, 0.4) is 0 Å². The molecule has 1 N–H and O–H groups in total. The molecule has 0 amide bonds. The van der Waals surface area contributed by atoms with E-state index in [1.807, 2.05) is 61.5 Å². The van der Waals surface area contributed by atoms with Crippen LogP contribution in [0, 0.1) is 0 Å². The largest absolute Gasteiger partial charge is 0.496 e. The minimum Gasteiger partial charge on any atom is -0.496 e. The van der Waals surface area contributed by atoms with E-state index < -0.39 is 0 Å². The number of hydrogen-bond donors (Lipinski definition) is 1. The van der Waals surface area contributed by atoms with Crippen molar-refractivity contribution in [3.8, 4) is 17.2 Å². The van der Waals surface area contributed by atoms with Gasteiger partial charge in [0.1, 0.15) is 12.4 Å². The van der Waals surface area contributed by atoms with Gasteiger partial charge in [-0.2, -0.15) is 5.10 Å². The molecule has 0 heterocycles. The van der Waals surface area contributed by atoms with Gasteiger partial charge in [0.15, 0.2) is 11.5 Å². The van der Waals surface area contributed by atoms with E-state index in [1.54, 1.807) is 19.4 Å². The number of rotatable bonds is 10. The third-order valence-corrected chi connectivity index (χ3v) is 4.89. The van der Waals surface area contributed by atoms with Gasteiger partial charge in [-0.1, -0.05) is 53.5 Å². The van der Waals surface area contributed by atoms with Gasteiger partial charge < -0.3 is 19.6 Å². The van der Waals surface area contributed by atoms with E-state index in [-0.39, 0.29) is 0 Å². The fraction of sp³-hybridized carbons (Fsp3) is 0.208. The van der Waals surface area contributed by atoms with Gasteiger partial charge in [0, 0.05) is 10.6 Å². The van der Waals surface area contributed by atoms with E-state index in [9.17, 15) is 0 Å². The molecule has 0 bridgehead atoms. The minimum absolute atomic E-state index is 0.328. The lowest BCUT2D eigenvalue weighted by Gasteiger charge is -2.14. The van der Waals surface area contributed by atoms with E-state index >= 15 is 0 Å². The smallest absolute Gasteiger partial charge is 0.180 e. The highest BCUT2D eigenvalue weighted by molar-refractivity contribution is 6.32. The summed E-state index contributed by atoms with van der Waals surface area (Å²) in [5, 5.41) is 5.39. The standard InChI is InChI=1S/C24H24Cl2N2O3/c1-3-30-23-13-18(14-27-28-15-19-8-4-5-10-22(19)29-2)12-21(26)24(23)31-16-17-7-6-9-20(25)11-17/h4-14,28H,3,15-16H2,1-2H3/b27-14+. The first-order valence-corrected chi connectivity index (χ1v) is 10.6. The van der Waals surface area contributed by atoms with Crippen LogP contribution in [0.2, 0.25) is 10.0 Å². The summed E-state index contributed by atoms with van der Waals surface area (Å²) in [5.41, 5.74) is 5.77. The average molecular weight is 459 g/mol. The Morgan fingerprint density at radius 3 is 2.58 bits per heavy atom. The summed E-state index contributed by atoms with van der Waals surface area (Å²) in [6.07, 6.45) is 1.69. The number of nitrogens with one attached hydrogen (secondary N) is 1. The van der Waals surface area contributed by atoms with Crippen LogP contribution in [0.15, 0.2) is 65.8 Å². The monoisotopic (exact) mass is 458 g/mol. The van der Waals surface area contributed by atoms with Crippen LogP contribution in [0.4, 0.5) is 0 Å². The first-order valence-electron chi connectivity index (χ1n) is 9.82. The van der Waals surface area contributed by atoms with Crippen LogP contribution >= 0.6 is 23.2 Å². The highest BCUT2D eigenvalue weighted by Gasteiger charge is 2.13. The predicted octanol–water partition coefficient (Wildman–Crippen LogP) is 6.10. The Balaban J connectivity index is 1.69. The zero-order valence-corrected chi connectivity index (χ0v) is 18.9. The van der Waals surface area contributed by atoms with E-state index in [4.69, 9.17) is 37.4 Å². The van der Waals surface area contributed by atoms with Crippen molar-refractivity contribution in [1.82, 2.24) is 5.43 Å². The summed E-state index contributed by atoms with van der Waals surface area (Å²) < 4.78 is 17.0. The molecule has 5 nitrogen and oxygen atoms in total. The second-order valence-electron chi connectivity index (χ2n) is 6.59. The first-order chi connectivity index (χ1) is 15.1. The van der Waals surface area contributed by atoms with E-state index in [1.165, 1.54) is 0 Å². The molecule has 31 heavy (non-hydrogen) atoms. The maximum Gasteiger partial charge on any atom is 0.180 e. The van der Waals surface area contributed by atoms with Crippen LogP contribution in [0.5, 0.6) is 17.2 Å². The second-order valence-corrected chi connectivity index (χ2v) is 7.43. The molecule has 0 atom stereocenters. The van der Waals surface area contributed by atoms with Crippen molar-refractivity contribution >= 4 is 29.4 Å². The number of hydrazone groups is 1. The van der Waals surface area contributed by atoms with Gasteiger partial charge in [0.2, 0.25) is 0 Å². The molecule has 3 aromatic carbocycles. The Labute approximate surface area is 192 Å². The SMILES string of the molecule is CCOc1cc(/C=N/NCc2ccccc2OC)cc(Cl)c1OCc1cccc(Cl)c1. The van der Waals surface area contributed by atoms with Crippen molar-refractivity contribution in [1.29, 1.82) is 0 Å². The van der Waals surface area contributed by atoms with Crippen molar-refractivity contribution in [3.05, 3.63) is 87.4 Å². The lowest BCUT2D eigenvalue weighted by atomic mass is 10.2. The third kappa shape index (κ3) is 6.54. The molecule has 0 aliphatic carbocycles. The van der Waals surface area contributed by atoms with Gasteiger partial charge in [0.05, 0.1) is 31.5 Å². The van der Waals surface area contributed by atoms with Gasteiger partial charge in [-0.25, -0.2) is 0 Å². The van der Waals surface area contributed by atoms with Crippen molar-refractivity contribution in [2.75, 3.05) is 13.7 Å². The van der Waals surface area contributed by atoms with Crippen molar-refractivity contribution in [2.45, 2.75) is 20.1 Å². The fourth-order valence-electron chi connectivity index (χ4n) is 2.95. The zero-order chi connectivity index (χ0) is 22.1. The topological polar surface area (TPSA) is 52.1 Å². The average Bonchev–Trinajstić information content (AvgIpc) is 2.76.